The number of fused-ring (bicyclic) bond motifs is 1. The van der Waals surface area contributed by atoms with Crippen LogP contribution in [-0.4, -0.2) is 24.2 Å². The Kier molecular flexibility index (Phi) is 4.62. The van der Waals surface area contributed by atoms with Gasteiger partial charge in [0.1, 0.15) is 12.4 Å². The number of rotatable bonds is 5. The van der Waals surface area contributed by atoms with Gasteiger partial charge in [-0.25, -0.2) is 0 Å². The van der Waals surface area contributed by atoms with Gasteiger partial charge in [-0.05, 0) is 53.4 Å². The van der Waals surface area contributed by atoms with Gasteiger partial charge < -0.3 is 19.3 Å². The second kappa shape index (κ2) is 7.10. The van der Waals surface area contributed by atoms with E-state index in [1.54, 1.807) is 24.3 Å². The summed E-state index contributed by atoms with van der Waals surface area (Å²) in [4.78, 5) is 0. The number of alkyl halides is 3. The zero-order chi connectivity index (χ0) is 19.7. The lowest BCUT2D eigenvalue weighted by molar-refractivity contribution is -0.274. The van der Waals surface area contributed by atoms with Crippen molar-refractivity contribution in [3.63, 3.8) is 0 Å². The zero-order valence-electron chi connectivity index (χ0n) is 14.8. The summed E-state index contributed by atoms with van der Waals surface area (Å²) in [5.41, 5.74) is 3.10. The zero-order valence-corrected chi connectivity index (χ0v) is 14.8. The van der Waals surface area contributed by atoms with Crippen molar-refractivity contribution in [3.05, 3.63) is 54.7 Å². The Hall–Kier alpha value is -3.16. The fraction of sp³-hybridized carbons (Fsp3) is 0.250. The van der Waals surface area contributed by atoms with Crippen molar-refractivity contribution in [2.45, 2.75) is 25.2 Å². The van der Waals surface area contributed by atoms with Crippen molar-refractivity contribution in [2.24, 2.45) is 0 Å². The molecule has 5 nitrogen and oxygen atoms in total. The quantitative estimate of drug-likeness (QED) is 0.662. The van der Waals surface area contributed by atoms with E-state index in [1.807, 2.05) is 6.07 Å². The highest BCUT2D eigenvalue weighted by Gasteiger charge is 2.31. The molecule has 0 spiro atoms. The Labute approximate surface area is 158 Å². The molecule has 2 heterocycles. The van der Waals surface area contributed by atoms with Crippen LogP contribution in [0.25, 0.3) is 22.1 Å². The van der Waals surface area contributed by atoms with Crippen LogP contribution < -0.4 is 14.8 Å². The number of allylic oxidation sites excluding steroid dienone is 1. The van der Waals surface area contributed by atoms with E-state index >= 15 is 0 Å². The molecule has 1 aliphatic heterocycles. The van der Waals surface area contributed by atoms with E-state index in [0.717, 1.165) is 29.7 Å². The molecule has 2 aromatic carbocycles. The molecular formula is C20H17F3N2O3. The molecule has 1 aromatic heterocycles. The molecule has 0 amide bonds. The van der Waals surface area contributed by atoms with E-state index in [9.17, 15) is 13.2 Å². The fourth-order valence-corrected chi connectivity index (χ4v) is 3.14. The standard InChI is InChI=1S/C20H17F3N2O3/c1-12-2-6-15(24-12)11-26-19-17-10-14(5-9-18(17)28-25-19)13-3-7-16(8-4-13)27-20(21,22)23/h3-5,7-10,15,24H,1-2,6,11H2/t15-/m1/s1. The van der Waals surface area contributed by atoms with Crippen molar-refractivity contribution in [2.75, 3.05) is 6.61 Å². The summed E-state index contributed by atoms with van der Waals surface area (Å²) in [6.45, 7) is 4.34. The lowest BCUT2D eigenvalue weighted by Gasteiger charge is -2.11. The van der Waals surface area contributed by atoms with Gasteiger partial charge in [-0.2, -0.15) is 0 Å². The normalized spacial score (nSPS) is 17.0. The van der Waals surface area contributed by atoms with Crippen LogP contribution in [0.2, 0.25) is 0 Å². The Morgan fingerprint density at radius 1 is 1.14 bits per heavy atom. The molecule has 3 aromatic rings. The van der Waals surface area contributed by atoms with Gasteiger partial charge in [0.2, 0.25) is 0 Å². The average Bonchev–Trinajstić information content (AvgIpc) is 3.24. The smallest absolute Gasteiger partial charge is 0.473 e. The van der Waals surface area contributed by atoms with Crippen LogP contribution in [0.4, 0.5) is 13.2 Å². The minimum Gasteiger partial charge on any atom is -0.473 e. The van der Waals surface area contributed by atoms with Crippen molar-refractivity contribution >= 4 is 11.0 Å². The predicted octanol–water partition coefficient (Wildman–Crippen LogP) is 5.04. The van der Waals surface area contributed by atoms with Gasteiger partial charge in [0.05, 0.1) is 11.4 Å². The minimum absolute atomic E-state index is 0.184. The number of hydrogen-bond donors (Lipinski definition) is 1. The van der Waals surface area contributed by atoms with E-state index in [2.05, 4.69) is 21.8 Å². The largest absolute Gasteiger partial charge is 0.573 e. The Morgan fingerprint density at radius 2 is 1.89 bits per heavy atom. The summed E-state index contributed by atoms with van der Waals surface area (Å²) in [6, 6.07) is 11.2. The maximum Gasteiger partial charge on any atom is 0.573 e. The molecule has 0 aliphatic carbocycles. The first-order valence-corrected chi connectivity index (χ1v) is 8.70. The van der Waals surface area contributed by atoms with Crippen LogP contribution >= 0.6 is 0 Å². The van der Waals surface area contributed by atoms with Gasteiger partial charge in [0, 0.05) is 5.70 Å². The highest BCUT2D eigenvalue weighted by atomic mass is 19.4. The topological polar surface area (TPSA) is 56.5 Å². The molecule has 1 fully saturated rings. The molecule has 1 aliphatic rings. The fourth-order valence-electron chi connectivity index (χ4n) is 3.14. The lowest BCUT2D eigenvalue weighted by Crippen LogP contribution is -2.27. The highest BCUT2D eigenvalue weighted by Crippen LogP contribution is 2.32. The summed E-state index contributed by atoms with van der Waals surface area (Å²) in [5.74, 6) is 0.116. The molecule has 1 atom stereocenters. The molecule has 4 rings (SSSR count). The Bertz CT molecular complexity index is 996. The van der Waals surface area contributed by atoms with E-state index in [-0.39, 0.29) is 11.8 Å². The average molecular weight is 390 g/mol. The molecule has 0 bridgehead atoms. The van der Waals surface area contributed by atoms with Crippen LogP contribution in [-0.2, 0) is 0 Å². The first-order valence-electron chi connectivity index (χ1n) is 8.70. The molecule has 1 saturated heterocycles. The number of nitrogens with one attached hydrogen (secondary N) is 1. The van der Waals surface area contributed by atoms with Crippen LogP contribution in [0.1, 0.15) is 12.8 Å². The second-order valence-electron chi connectivity index (χ2n) is 6.57. The van der Waals surface area contributed by atoms with E-state index < -0.39 is 6.36 Å². The number of aromatic nitrogens is 1. The second-order valence-corrected chi connectivity index (χ2v) is 6.57. The predicted molar refractivity (Wildman–Crippen MR) is 96.9 cm³/mol. The maximum atomic E-state index is 12.3. The van der Waals surface area contributed by atoms with Crippen LogP contribution in [0.15, 0.2) is 59.3 Å². The van der Waals surface area contributed by atoms with Crippen molar-refractivity contribution in [3.8, 4) is 22.8 Å². The number of nitrogens with zero attached hydrogens (tertiary/aromatic N) is 1. The molecule has 28 heavy (non-hydrogen) atoms. The first kappa shape index (κ1) is 18.2. The molecule has 0 radical (unpaired) electrons. The number of ether oxygens (including phenoxy) is 2. The Morgan fingerprint density at radius 3 is 2.57 bits per heavy atom. The van der Waals surface area contributed by atoms with Crippen LogP contribution in [0.5, 0.6) is 11.6 Å². The van der Waals surface area contributed by atoms with E-state index in [4.69, 9.17) is 9.26 Å². The van der Waals surface area contributed by atoms with Crippen LogP contribution in [0.3, 0.4) is 0 Å². The number of halogens is 3. The summed E-state index contributed by atoms with van der Waals surface area (Å²) in [6.07, 6.45) is -2.84. The Balaban J connectivity index is 1.53. The SMILES string of the molecule is C=C1CC[C@H](COc2noc3ccc(-c4ccc(OC(F)(F)F)cc4)cc23)N1. The summed E-state index contributed by atoms with van der Waals surface area (Å²) < 4.78 is 51.9. The van der Waals surface area contributed by atoms with Gasteiger partial charge in [0.25, 0.3) is 5.88 Å². The molecule has 0 saturated carbocycles. The van der Waals surface area contributed by atoms with E-state index in [0.29, 0.717) is 23.5 Å². The van der Waals surface area contributed by atoms with Gasteiger partial charge in [-0.15, -0.1) is 13.2 Å². The molecule has 8 heteroatoms. The van der Waals surface area contributed by atoms with Gasteiger partial charge in [0.15, 0.2) is 5.58 Å². The summed E-state index contributed by atoms with van der Waals surface area (Å²) in [7, 11) is 0. The monoisotopic (exact) mass is 390 g/mol. The van der Waals surface area contributed by atoms with Crippen LogP contribution in [0, 0.1) is 0 Å². The van der Waals surface area contributed by atoms with Gasteiger partial charge in [-0.1, -0.05) is 24.8 Å². The van der Waals surface area contributed by atoms with Crippen molar-refractivity contribution < 1.29 is 27.2 Å². The molecule has 146 valence electrons. The van der Waals surface area contributed by atoms with Crippen molar-refractivity contribution in [1.29, 1.82) is 0 Å². The van der Waals surface area contributed by atoms with E-state index in [1.165, 1.54) is 12.1 Å². The van der Waals surface area contributed by atoms with Gasteiger partial charge in [-0.3, -0.25) is 0 Å². The lowest BCUT2D eigenvalue weighted by atomic mass is 10.0. The first-order chi connectivity index (χ1) is 13.4. The summed E-state index contributed by atoms with van der Waals surface area (Å²) >= 11 is 0. The maximum absolute atomic E-state index is 12.3. The third-order valence-electron chi connectivity index (χ3n) is 4.48. The van der Waals surface area contributed by atoms with Crippen molar-refractivity contribution in [1.82, 2.24) is 10.5 Å². The third kappa shape index (κ3) is 4.05. The molecular weight excluding hydrogens is 373 g/mol. The minimum atomic E-state index is -4.71. The summed E-state index contributed by atoms with van der Waals surface area (Å²) in [5, 5.41) is 7.92. The highest BCUT2D eigenvalue weighted by molar-refractivity contribution is 5.87. The van der Waals surface area contributed by atoms with Gasteiger partial charge >= 0.3 is 6.36 Å². The number of hydrogen-bond acceptors (Lipinski definition) is 5. The molecule has 1 N–H and O–H groups in total. The third-order valence-corrected chi connectivity index (χ3v) is 4.48. The number of benzene rings is 2. The molecule has 0 unspecified atom stereocenters.